The lowest BCUT2D eigenvalue weighted by atomic mass is 10.2. The molecule has 5 nitrogen and oxygen atoms in total. The van der Waals surface area contributed by atoms with Crippen molar-refractivity contribution in [2.75, 3.05) is 26.4 Å². The zero-order valence-electron chi connectivity index (χ0n) is 12.2. The van der Waals surface area contributed by atoms with E-state index in [9.17, 15) is 4.79 Å². The van der Waals surface area contributed by atoms with E-state index in [1.807, 2.05) is 26.0 Å². The van der Waals surface area contributed by atoms with Crippen molar-refractivity contribution in [3.63, 3.8) is 0 Å². The number of hydrogen-bond donors (Lipinski definition) is 2. The van der Waals surface area contributed by atoms with E-state index in [0.29, 0.717) is 24.7 Å². The highest BCUT2D eigenvalue weighted by molar-refractivity contribution is 9.10. The van der Waals surface area contributed by atoms with Gasteiger partial charge in [0.15, 0.2) is 11.5 Å². The third-order valence-electron chi connectivity index (χ3n) is 2.46. The topological polar surface area (TPSA) is 67.8 Å². The number of aliphatic hydroxyl groups is 1. The fourth-order valence-corrected chi connectivity index (χ4v) is 2.22. The molecule has 6 heteroatoms. The summed E-state index contributed by atoms with van der Waals surface area (Å²) in [5.74, 6) is 1.03. The van der Waals surface area contributed by atoms with E-state index in [1.165, 1.54) is 6.08 Å². The molecule has 0 atom stereocenters. The minimum Gasteiger partial charge on any atom is -0.490 e. The largest absolute Gasteiger partial charge is 0.490 e. The van der Waals surface area contributed by atoms with Crippen molar-refractivity contribution in [1.29, 1.82) is 0 Å². The number of benzene rings is 1. The van der Waals surface area contributed by atoms with E-state index in [2.05, 4.69) is 21.2 Å². The Morgan fingerprint density at radius 2 is 2.05 bits per heavy atom. The molecule has 0 unspecified atom stereocenters. The van der Waals surface area contributed by atoms with Crippen molar-refractivity contribution < 1.29 is 19.4 Å². The number of amides is 1. The first-order chi connectivity index (χ1) is 10.1. The normalized spacial score (nSPS) is 10.7. The van der Waals surface area contributed by atoms with Crippen LogP contribution >= 0.6 is 15.9 Å². The predicted octanol–water partition coefficient (Wildman–Crippen LogP) is 2.37. The Kier molecular flexibility index (Phi) is 7.85. The van der Waals surface area contributed by atoms with Crippen molar-refractivity contribution in [2.24, 2.45) is 0 Å². The molecule has 0 heterocycles. The maximum Gasteiger partial charge on any atom is 0.244 e. The van der Waals surface area contributed by atoms with Crippen LogP contribution in [0.1, 0.15) is 19.4 Å². The van der Waals surface area contributed by atoms with Crippen LogP contribution in [-0.2, 0) is 4.79 Å². The standard InChI is InChI=1S/C15H20BrNO4/c1-3-20-13-10-11(5-6-14(19)17-7-8-18)9-12(16)15(13)21-4-2/h5-6,9-10,18H,3-4,7-8H2,1-2H3,(H,17,19)/b6-5+. The molecule has 0 saturated heterocycles. The quantitative estimate of drug-likeness (QED) is 0.701. The Balaban J connectivity index is 2.93. The molecule has 116 valence electrons. The molecule has 0 bridgehead atoms. The second-order valence-electron chi connectivity index (χ2n) is 4.04. The second kappa shape index (κ2) is 9.41. The Bertz CT molecular complexity index is 503. The molecule has 0 aromatic heterocycles. The first kappa shape index (κ1) is 17.5. The van der Waals surface area contributed by atoms with E-state index in [-0.39, 0.29) is 19.1 Å². The number of hydrogen-bond acceptors (Lipinski definition) is 4. The van der Waals surface area contributed by atoms with Gasteiger partial charge in [0, 0.05) is 12.6 Å². The average molecular weight is 358 g/mol. The zero-order valence-corrected chi connectivity index (χ0v) is 13.8. The van der Waals surface area contributed by atoms with Crippen LogP contribution in [-0.4, -0.2) is 37.4 Å². The number of aliphatic hydroxyl groups excluding tert-OH is 1. The zero-order chi connectivity index (χ0) is 15.7. The minimum atomic E-state index is -0.257. The SMILES string of the molecule is CCOc1cc(/C=C/C(=O)NCCO)cc(Br)c1OCC. The van der Waals surface area contributed by atoms with E-state index in [1.54, 1.807) is 6.08 Å². The van der Waals surface area contributed by atoms with E-state index in [4.69, 9.17) is 14.6 Å². The third-order valence-corrected chi connectivity index (χ3v) is 3.05. The van der Waals surface area contributed by atoms with Crippen LogP contribution in [0.5, 0.6) is 11.5 Å². The lowest BCUT2D eigenvalue weighted by Gasteiger charge is -2.13. The van der Waals surface area contributed by atoms with Crippen molar-refractivity contribution in [1.82, 2.24) is 5.32 Å². The summed E-state index contributed by atoms with van der Waals surface area (Å²) in [7, 11) is 0. The van der Waals surface area contributed by atoms with Gasteiger partial charge in [-0.2, -0.15) is 0 Å². The Hall–Kier alpha value is -1.53. The lowest BCUT2D eigenvalue weighted by molar-refractivity contribution is -0.116. The van der Waals surface area contributed by atoms with Crippen LogP contribution < -0.4 is 14.8 Å². The molecule has 0 aliphatic heterocycles. The molecule has 0 fully saturated rings. The Morgan fingerprint density at radius 1 is 1.33 bits per heavy atom. The molecule has 0 spiro atoms. The molecular formula is C15H20BrNO4. The summed E-state index contributed by atoms with van der Waals surface area (Å²) < 4.78 is 11.9. The molecule has 0 saturated carbocycles. The van der Waals surface area contributed by atoms with Crippen LogP contribution in [0.25, 0.3) is 6.08 Å². The van der Waals surface area contributed by atoms with Gasteiger partial charge in [0.25, 0.3) is 0 Å². The summed E-state index contributed by atoms with van der Waals surface area (Å²) in [6, 6.07) is 3.67. The van der Waals surface area contributed by atoms with Gasteiger partial charge in [0.05, 0.1) is 24.3 Å². The van der Waals surface area contributed by atoms with Crippen LogP contribution in [0.3, 0.4) is 0 Å². The third kappa shape index (κ3) is 5.77. The summed E-state index contributed by atoms with van der Waals surface area (Å²) in [5, 5.41) is 11.2. The molecule has 0 aliphatic rings. The van der Waals surface area contributed by atoms with Gasteiger partial charge >= 0.3 is 0 Å². The number of carbonyl (C=O) groups is 1. The number of ether oxygens (including phenoxy) is 2. The summed E-state index contributed by atoms with van der Waals surface area (Å²) >= 11 is 3.45. The van der Waals surface area contributed by atoms with Crippen LogP contribution in [0.4, 0.5) is 0 Å². The van der Waals surface area contributed by atoms with Crippen LogP contribution in [0.2, 0.25) is 0 Å². The van der Waals surface area contributed by atoms with Crippen molar-refractivity contribution in [3.05, 3.63) is 28.2 Å². The smallest absolute Gasteiger partial charge is 0.244 e. The highest BCUT2D eigenvalue weighted by Crippen LogP contribution is 2.37. The van der Waals surface area contributed by atoms with E-state index in [0.717, 1.165) is 10.0 Å². The van der Waals surface area contributed by atoms with Gasteiger partial charge in [-0.3, -0.25) is 4.79 Å². The molecule has 0 aliphatic carbocycles. The molecule has 21 heavy (non-hydrogen) atoms. The number of halogens is 1. The Labute approximate surface area is 133 Å². The molecule has 1 aromatic rings. The maximum atomic E-state index is 11.5. The van der Waals surface area contributed by atoms with E-state index >= 15 is 0 Å². The van der Waals surface area contributed by atoms with Gasteiger partial charge in [0.2, 0.25) is 5.91 Å². The van der Waals surface area contributed by atoms with Gasteiger partial charge in [-0.25, -0.2) is 0 Å². The number of rotatable bonds is 8. The van der Waals surface area contributed by atoms with Gasteiger partial charge in [-0.15, -0.1) is 0 Å². The fourth-order valence-electron chi connectivity index (χ4n) is 1.64. The molecular weight excluding hydrogens is 338 g/mol. The van der Waals surface area contributed by atoms with Gasteiger partial charge in [-0.05, 0) is 53.5 Å². The first-order valence-electron chi connectivity index (χ1n) is 6.78. The molecule has 1 aromatic carbocycles. The lowest BCUT2D eigenvalue weighted by Crippen LogP contribution is -2.24. The molecule has 0 radical (unpaired) electrons. The van der Waals surface area contributed by atoms with Gasteiger partial charge in [-0.1, -0.05) is 0 Å². The molecule has 1 rings (SSSR count). The summed E-state index contributed by atoms with van der Waals surface area (Å²) in [4.78, 5) is 11.5. The van der Waals surface area contributed by atoms with Gasteiger partial charge in [0.1, 0.15) is 0 Å². The number of nitrogens with one attached hydrogen (secondary N) is 1. The highest BCUT2D eigenvalue weighted by atomic mass is 79.9. The summed E-state index contributed by atoms with van der Waals surface area (Å²) in [5.41, 5.74) is 0.813. The first-order valence-corrected chi connectivity index (χ1v) is 7.57. The predicted molar refractivity (Wildman–Crippen MR) is 85.6 cm³/mol. The molecule has 2 N–H and O–H groups in total. The fraction of sp³-hybridized carbons (Fsp3) is 0.400. The van der Waals surface area contributed by atoms with Crippen molar-refractivity contribution in [2.45, 2.75) is 13.8 Å². The summed E-state index contributed by atoms with van der Waals surface area (Å²) in [6.07, 6.45) is 3.09. The molecule has 1 amide bonds. The minimum absolute atomic E-state index is 0.0807. The number of carbonyl (C=O) groups excluding carboxylic acids is 1. The maximum absolute atomic E-state index is 11.5. The highest BCUT2D eigenvalue weighted by Gasteiger charge is 2.11. The van der Waals surface area contributed by atoms with Gasteiger partial charge < -0.3 is 19.9 Å². The van der Waals surface area contributed by atoms with Crippen molar-refractivity contribution >= 4 is 27.9 Å². The monoisotopic (exact) mass is 357 g/mol. The second-order valence-corrected chi connectivity index (χ2v) is 4.90. The van der Waals surface area contributed by atoms with E-state index < -0.39 is 0 Å². The van der Waals surface area contributed by atoms with Crippen LogP contribution in [0, 0.1) is 0 Å². The Morgan fingerprint density at radius 3 is 2.67 bits per heavy atom. The van der Waals surface area contributed by atoms with Crippen molar-refractivity contribution in [3.8, 4) is 11.5 Å². The summed E-state index contributed by atoms with van der Waals surface area (Å²) in [6.45, 7) is 5.02. The average Bonchev–Trinajstić information content (AvgIpc) is 2.46. The van der Waals surface area contributed by atoms with Crippen LogP contribution in [0.15, 0.2) is 22.7 Å².